The number of aryl methyl sites for hydroxylation is 2. The molecule has 0 atom stereocenters. The highest BCUT2D eigenvalue weighted by molar-refractivity contribution is 14.1. The molecular weight excluding hydrogens is 313 g/mol. The highest BCUT2D eigenvalue weighted by atomic mass is 127. The van der Waals surface area contributed by atoms with Crippen LogP contribution in [0.4, 0.5) is 0 Å². The van der Waals surface area contributed by atoms with Gasteiger partial charge in [0, 0.05) is 12.7 Å². The molecule has 16 heavy (non-hydrogen) atoms. The molecule has 82 valence electrons. The standard InChI is InChI=1S/C13H12INO/c14-12-7-4-9-15(13(12)16)10-8-11-5-2-1-3-6-11/h1-7,9H,8,10H2. The van der Waals surface area contributed by atoms with Crippen LogP contribution in [0.25, 0.3) is 0 Å². The van der Waals surface area contributed by atoms with Crippen LogP contribution in [0.1, 0.15) is 5.56 Å². The maximum absolute atomic E-state index is 11.7. The molecule has 0 aliphatic heterocycles. The zero-order chi connectivity index (χ0) is 11.4. The first kappa shape index (κ1) is 11.4. The van der Waals surface area contributed by atoms with Gasteiger partial charge < -0.3 is 4.57 Å². The van der Waals surface area contributed by atoms with E-state index in [1.54, 1.807) is 4.57 Å². The summed E-state index contributed by atoms with van der Waals surface area (Å²) in [6, 6.07) is 14.0. The van der Waals surface area contributed by atoms with E-state index in [1.807, 2.05) is 36.5 Å². The van der Waals surface area contributed by atoms with Gasteiger partial charge in [-0.15, -0.1) is 0 Å². The largest absolute Gasteiger partial charge is 0.314 e. The van der Waals surface area contributed by atoms with Crippen molar-refractivity contribution >= 4 is 22.6 Å². The van der Waals surface area contributed by atoms with E-state index < -0.39 is 0 Å². The zero-order valence-corrected chi connectivity index (χ0v) is 10.9. The Morgan fingerprint density at radius 2 is 1.81 bits per heavy atom. The van der Waals surface area contributed by atoms with Crippen LogP contribution in [0.15, 0.2) is 53.5 Å². The molecule has 2 nitrogen and oxygen atoms in total. The van der Waals surface area contributed by atoms with E-state index in [0.717, 1.165) is 16.5 Å². The molecule has 0 aliphatic carbocycles. The van der Waals surface area contributed by atoms with Gasteiger partial charge in [-0.25, -0.2) is 0 Å². The summed E-state index contributed by atoms with van der Waals surface area (Å²) in [6.07, 6.45) is 2.73. The predicted octanol–water partition coefficient (Wildman–Crippen LogP) is 2.70. The van der Waals surface area contributed by atoms with Gasteiger partial charge in [-0.1, -0.05) is 30.3 Å². The average Bonchev–Trinajstić information content (AvgIpc) is 2.32. The number of halogens is 1. The molecule has 1 aromatic heterocycles. The summed E-state index contributed by atoms with van der Waals surface area (Å²) in [6.45, 7) is 0.736. The number of aromatic nitrogens is 1. The van der Waals surface area contributed by atoms with Crippen molar-refractivity contribution in [3.05, 3.63) is 68.1 Å². The Labute approximate surface area is 108 Å². The second-order valence-corrected chi connectivity index (χ2v) is 4.75. The van der Waals surface area contributed by atoms with Crippen LogP contribution in [0.5, 0.6) is 0 Å². The minimum Gasteiger partial charge on any atom is -0.314 e. The fraction of sp³-hybridized carbons (Fsp3) is 0.154. The maximum Gasteiger partial charge on any atom is 0.263 e. The zero-order valence-electron chi connectivity index (χ0n) is 8.77. The average molecular weight is 325 g/mol. The number of hydrogen-bond acceptors (Lipinski definition) is 1. The Bertz CT molecular complexity index is 519. The Balaban J connectivity index is 2.11. The van der Waals surface area contributed by atoms with E-state index >= 15 is 0 Å². The molecule has 0 spiro atoms. The number of benzene rings is 1. The van der Waals surface area contributed by atoms with Gasteiger partial charge in [-0.2, -0.15) is 0 Å². The molecule has 3 heteroatoms. The Morgan fingerprint density at radius 3 is 2.56 bits per heavy atom. The summed E-state index contributed by atoms with van der Waals surface area (Å²) < 4.78 is 2.53. The lowest BCUT2D eigenvalue weighted by Crippen LogP contribution is -2.22. The van der Waals surface area contributed by atoms with E-state index in [0.29, 0.717) is 0 Å². The molecular formula is C13H12INO. The van der Waals surface area contributed by atoms with E-state index in [4.69, 9.17) is 0 Å². The molecule has 2 aromatic rings. The number of nitrogens with zero attached hydrogens (tertiary/aromatic N) is 1. The van der Waals surface area contributed by atoms with Crippen molar-refractivity contribution in [1.82, 2.24) is 4.57 Å². The molecule has 0 bridgehead atoms. The van der Waals surface area contributed by atoms with Crippen molar-refractivity contribution in [3.63, 3.8) is 0 Å². The van der Waals surface area contributed by atoms with Crippen molar-refractivity contribution < 1.29 is 0 Å². The van der Waals surface area contributed by atoms with Gasteiger partial charge in [-0.05, 0) is 46.7 Å². The third-order valence-electron chi connectivity index (χ3n) is 2.46. The van der Waals surface area contributed by atoms with Crippen LogP contribution in [0.3, 0.4) is 0 Å². The number of rotatable bonds is 3. The molecule has 0 amide bonds. The van der Waals surface area contributed by atoms with E-state index in [2.05, 4.69) is 34.7 Å². The Hall–Kier alpha value is -1.10. The molecule has 0 aliphatic rings. The van der Waals surface area contributed by atoms with Crippen molar-refractivity contribution in [2.75, 3.05) is 0 Å². The van der Waals surface area contributed by atoms with Crippen LogP contribution in [-0.4, -0.2) is 4.57 Å². The quantitative estimate of drug-likeness (QED) is 0.796. The summed E-state index contributed by atoms with van der Waals surface area (Å²) in [4.78, 5) is 11.7. The van der Waals surface area contributed by atoms with Gasteiger partial charge in [0.15, 0.2) is 0 Å². The summed E-state index contributed by atoms with van der Waals surface area (Å²) in [5.41, 5.74) is 1.35. The summed E-state index contributed by atoms with van der Waals surface area (Å²) in [5.74, 6) is 0. The lowest BCUT2D eigenvalue weighted by molar-refractivity contribution is 0.666. The number of pyridine rings is 1. The third kappa shape index (κ3) is 2.72. The fourth-order valence-corrected chi connectivity index (χ4v) is 2.10. The van der Waals surface area contributed by atoms with Gasteiger partial charge in [-0.3, -0.25) is 4.79 Å². The van der Waals surface area contributed by atoms with E-state index in [-0.39, 0.29) is 5.56 Å². The molecule has 2 rings (SSSR count). The predicted molar refractivity (Wildman–Crippen MR) is 73.6 cm³/mol. The Morgan fingerprint density at radius 1 is 1.06 bits per heavy atom. The molecule has 0 unspecified atom stereocenters. The van der Waals surface area contributed by atoms with Crippen LogP contribution >= 0.6 is 22.6 Å². The first-order chi connectivity index (χ1) is 7.77. The van der Waals surface area contributed by atoms with Gasteiger partial charge in [0.05, 0.1) is 3.57 Å². The lowest BCUT2D eigenvalue weighted by Gasteiger charge is -2.05. The van der Waals surface area contributed by atoms with Crippen LogP contribution in [-0.2, 0) is 13.0 Å². The van der Waals surface area contributed by atoms with Crippen molar-refractivity contribution in [2.24, 2.45) is 0 Å². The number of hydrogen-bond donors (Lipinski definition) is 0. The SMILES string of the molecule is O=c1c(I)cccn1CCc1ccccc1. The van der Waals surface area contributed by atoms with Crippen molar-refractivity contribution in [3.8, 4) is 0 Å². The van der Waals surface area contributed by atoms with Gasteiger partial charge in [0.2, 0.25) is 0 Å². The Kier molecular flexibility index (Phi) is 3.77. The van der Waals surface area contributed by atoms with Crippen LogP contribution < -0.4 is 5.56 Å². The topological polar surface area (TPSA) is 22.0 Å². The molecule has 0 saturated heterocycles. The van der Waals surface area contributed by atoms with Gasteiger partial charge in [0.1, 0.15) is 0 Å². The van der Waals surface area contributed by atoms with Gasteiger partial charge >= 0.3 is 0 Å². The first-order valence-electron chi connectivity index (χ1n) is 5.16. The molecule has 1 aromatic carbocycles. The second-order valence-electron chi connectivity index (χ2n) is 3.59. The van der Waals surface area contributed by atoms with Crippen LogP contribution in [0, 0.1) is 3.57 Å². The smallest absolute Gasteiger partial charge is 0.263 e. The molecule has 0 fully saturated rings. The minimum absolute atomic E-state index is 0.0963. The van der Waals surface area contributed by atoms with Crippen LogP contribution in [0.2, 0.25) is 0 Å². The third-order valence-corrected chi connectivity index (χ3v) is 3.28. The minimum atomic E-state index is 0.0963. The molecule has 0 saturated carbocycles. The summed E-state index contributed by atoms with van der Waals surface area (Å²) in [5, 5.41) is 0. The highest BCUT2D eigenvalue weighted by Gasteiger charge is 1.99. The maximum atomic E-state index is 11.7. The lowest BCUT2D eigenvalue weighted by atomic mass is 10.1. The first-order valence-corrected chi connectivity index (χ1v) is 6.24. The van der Waals surface area contributed by atoms with Crippen molar-refractivity contribution in [1.29, 1.82) is 0 Å². The molecule has 0 N–H and O–H groups in total. The van der Waals surface area contributed by atoms with E-state index in [1.165, 1.54) is 5.56 Å². The molecule has 0 radical (unpaired) electrons. The van der Waals surface area contributed by atoms with Gasteiger partial charge in [0.25, 0.3) is 5.56 Å². The monoisotopic (exact) mass is 325 g/mol. The highest BCUT2D eigenvalue weighted by Crippen LogP contribution is 2.02. The summed E-state index contributed by atoms with van der Waals surface area (Å²) >= 11 is 2.07. The summed E-state index contributed by atoms with van der Waals surface area (Å²) in [7, 11) is 0. The fourth-order valence-electron chi connectivity index (χ4n) is 1.58. The molecule has 1 heterocycles. The van der Waals surface area contributed by atoms with Crippen molar-refractivity contribution in [2.45, 2.75) is 13.0 Å². The normalized spacial score (nSPS) is 10.3. The van der Waals surface area contributed by atoms with E-state index in [9.17, 15) is 4.79 Å². The second kappa shape index (κ2) is 5.30.